The summed E-state index contributed by atoms with van der Waals surface area (Å²) >= 11 is 0. The summed E-state index contributed by atoms with van der Waals surface area (Å²) in [6.07, 6.45) is 0.226. The Kier molecular flexibility index (Phi) is 3.80. The highest BCUT2D eigenvalue weighted by Crippen LogP contribution is 2.35. The standard InChI is InChI=1S/C21H18N2O2/c1-14(15-7-3-2-4-8-15)17-13-20(24)23(21(17)25)19-12-11-16-9-5-6-10-18(16)22-19/h2-12,14,17H,13H2,1H3. The van der Waals surface area contributed by atoms with Gasteiger partial charge >= 0.3 is 0 Å². The van der Waals surface area contributed by atoms with Gasteiger partial charge in [0.05, 0.1) is 11.4 Å². The number of imide groups is 1. The number of hydrogen-bond acceptors (Lipinski definition) is 3. The molecule has 2 amide bonds. The summed E-state index contributed by atoms with van der Waals surface area (Å²) < 4.78 is 0. The molecule has 1 fully saturated rings. The highest BCUT2D eigenvalue weighted by Gasteiger charge is 2.43. The van der Waals surface area contributed by atoms with Gasteiger partial charge in [-0.1, -0.05) is 55.5 Å². The number of pyridine rings is 1. The summed E-state index contributed by atoms with van der Waals surface area (Å²) in [6.45, 7) is 2.00. The summed E-state index contributed by atoms with van der Waals surface area (Å²) in [5.74, 6) is -0.285. The second kappa shape index (κ2) is 6.13. The van der Waals surface area contributed by atoms with E-state index in [1.54, 1.807) is 6.07 Å². The number of anilines is 1. The Hall–Kier alpha value is -3.01. The van der Waals surface area contributed by atoms with Crippen LogP contribution in [0.2, 0.25) is 0 Å². The van der Waals surface area contributed by atoms with Crippen molar-refractivity contribution in [2.24, 2.45) is 5.92 Å². The summed E-state index contributed by atoms with van der Waals surface area (Å²) in [4.78, 5) is 31.2. The van der Waals surface area contributed by atoms with E-state index < -0.39 is 0 Å². The molecule has 4 rings (SSSR count). The molecule has 0 spiro atoms. The Morgan fingerprint density at radius 2 is 1.68 bits per heavy atom. The fourth-order valence-corrected chi connectivity index (χ4v) is 3.46. The molecule has 0 saturated carbocycles. The van der Waals surface area contributed by atoms with Crippen molar-refractivity contribution < 1.29 is 9.59 Å². The van der Waals surface area contributed by atoms with E-state index in [0.29, 0.717) is 5.82 Å². The Balaban J connectivity index is 1.66. The zero-order chi connectivity index (χ0) is 17.4. The monoisotopic (exact) mass is 330 g/mol. The lowest BCUT2D eigenvalue weighted by Gasteiger charge is -2.19. The zero-order valence-corrected chi connectivity index (χ0v) is 13.9. The molecular formula is C21H18N2O2. The largest absolute Gasteiger partial charge is 0.274 e. The van der Waals surface area contributed by atoms with Gasteiger partial charge in [0.1, 0.15) is 5.82 Å². The molecule has 1 aliphatic rings. The van der Waals surface area contributed by atoms with Gasteiger partial charge in [0.15, 0.2) is 0 Å². The molecule has 4 nitrogen and oxygen atoms in total. The minimum atomic E-state index is -0.344. The van der Waals surface area contributed by atoms with Crippen LogP contribution in [-0.2, 0) is 9.59 Å². The van der Waals surface area contributed by atoms with Crippen molar-refractivity contribution in [3.63, 3.8) is 0 Å². The molecule has 4 heteroatoms. The van der Waals surface area contributed by atoms with Gasteiger partial charge in [-0.3, -0.25) is 9.59 Å². The molecule has 0 aliphatic carbocycles. The Morgan fingerprint density at radius 1 is 0.960 bits per heavy atom. The van der Waals surface area contributed by atoms with Gasteiger partial charge in [0.25, 0.3) is 0 Å². The van der Waals surface area contributed by atoms with Gasteiger partial charge in [-0.2, -0.15) is 0 Å². The molecule has 1 saturated heterocycles. The van der Waals surface area contributed by atoms with E-state index >= 15 is 0 Å². The highest BCUT2D eigenvalue weighted by molar-refractivity contribution is 6.20. The lowest BCUT2D eigenvalue weighted by atomic mass is 9.86. The van der Waals surface area contributed by atoms with Crippen LogP contribution in [0.3, 0.4) is 0 Å². The van der Waals surface area contributed by atoms with Gasteiger partial charge < -0.3 is 0 Å². The number of hydrogen-bond donors (Lipinski definition) is 0. The third kappa shape index (κ3) is 2.70. The fraction of sp³-hybridized carbons (Fsp3) is 0.190. The fourth-order valence-electron chi connectivity index (χ4n) is 3.46. The lowest BCUT2D eigenvalue weighted by molar-refractivity contribution is -0.122. The second-order valence-corrected chi connectivity index (χ2v) is 6.44. The molecule has 25 heavy (non-hydrogen) atoms. The van der Waals surface area contributed by atoms with E-state index in [2.05, 4.69) is 4.98 Å². The van der Waals surface area contributed by atoms with Crippen LogP contribution in [0.5, 0.6) is 0 Å². The molecular weight excluding hydrogens is 312 g/mol. The smallest absolute Gasteiger partial charge is 0.239 e. The minimum Gasteiger partial charge on any atom is -0.274 e. The first kappa shape index (κ1) is 15.5. The summed E-state index contributed by atoms with van der Waals surface area (Å²) in [7, 11) is 0. The normalized spacial score (nSPS) is 18.8. The van der Waals surface area contributed by atoms with Crippen LogP contribution in [0.1, 0.15) is 24.8 Å². The maximum Gasteiger partial charge on any atom is 0.239 e. The molecule has 3 aromatic rings. The van der Waals surface area contributed by atoms with Crippen molar-refractivity contribution >= 4 is 28.5 Å². The highest BCUT2D eigenvalue weighted by atomic mass is 16.2. The molecule has 2 aromatic carbocycles. The maximum absolute atomic E-state index is 12.9. The van der Waals surface area contributed by atoms with E-state index in [4.69, 9.17) is 0 Å². The minimum absolute atomic E-state index is 0.0110. The predicted octanol–water partition coefficient (Wildman–Crippen LogP) is 3.92. The van der Waals surface area contributed by atoms with Gasteiger partial charge in [-0.05, 0) is 29.7 Å². The zero-order valence-electron chi connectivity index (χ0n) is 13.9. The number of rotatable bonds is 3. The van der Waals surface area contributed by atoms with Crippen LogP contribution in [0.15, 0.2) is 66.7 Å². The van der Waals surface area contributed by atoms with Crippen molar-refractivity contribution in [2.45, 2.75) is 19.3 Å². The number of fused-ring (bicyclic) bond motifs is 1. The quantitative estimate of drug-likeness (QED) is 0.684. The number of amides is 2. The third-order valence-electron chi connectivity index (χ3n) is 4.92. The Bertz CT molecular complexity index is 952. The van der Waals surface area contributed by atoms with Crippen LogP contribution in [0, 0.1) is 5.92 Å². The number of carbonyl (C=O) groups excluding carboxylic acids is 2. The molecule has 2 atom stereocenters. The number of carbonyl (C=O) groups is 2. The molecule has 1 aromatic heterocycles. The van der Waals surface area contributed by atoms with Crippen LogP contribution in [0.4, 0.5) is 5.82 Å². The van der Waals surface area contributed by atoms with Crippen LogP contribution in [-0.4, -0.2) is 16.8 Å². The van der Waals surface area contributed by atoms with Crippen LogP contribution < -0.4 is 4.90 Å². The maximum atomic E-state index is 12.9. The SMILES string of the molecule is CC(c1ccccc1)C1CC(=O)N(c2ccc3ccccc3n2)C1=O. The summed E-state index contributed by atoms with van der Waals surface area (Å²) in [5.41, 5.74) is 1.85. The van der Waals surface area contributed by atoms with Crippen molar-refractivity contribution in [1.29, 1.82) is 0 Å². The second-order valence-electron chi connectivity index (χ2n) is 6.44. The first-order valence-corrected chi connectivity index (χ1v) is 8.42. The molecule has 124 valence electrons. The average Bonchev–Trinajstić information content (AvgIpc) is 2.95. The first-order valence-electron chi connectivity index (χ1n) is 8.42. The molecule has 0 bridgehead atoms. The summed E-state index contributed by atoms with van der Waals surface area (Å²) in [5, 5.41) is 0.986. The summed E-state index contributed by atoms with van der Waals surface area (Å²) in [6, 6.07) is 21.2. The van der Waals surface area contributed by atoms with E-state index in [1.165, 1.54) is 4.90 Å². The topological polar surface area (TPSA) is 50.3 Å². The Morgan fingerprint density at radius 3 is 2.48 bits per heavy atom. The number of aromatic nitrogens is 1. The predicted molar refractivity (Wildman–Crippen MR) is 97.2 cm³/mol. The van der Waals surface area contributed by atoms with Crippen molar-refractivity contribution in [3.05, 3.63) is 72.3 Å². The third-order valence-corrected chi connectivity index (χ3v) is 4.92. The lowest BCUT2D eigenvalue weighted by Crippen LogP contribution is -2.32. The van der Waals surface area contributed by atoms with Crippen molar-refractivity contribution in [1.82, 2.24) is 4.98 Å². The van der Waals surface area contributed by atoms with Gasteiger partial charge in [0, 0.05) is 11.8 Å². The van der Waals surface area contributed by atoms with Crippen LogP contribution >= 0.6 is 0 Å². The van der Waals surface area contributed by atoms with Crippen LogP contribution in [0.25, 0.3) is 10.9 Å². The van der Waals surface area contributed by atoms with E-state index in [9.17, 15) is 9.59 Å². The van der Waals surface area contributed by atoms with Gasteiger partial charge in [0.2, 0.25) is 11.8 Å². The molecule has 0 N–H and O–H groups in total. The van der Waals surface area contributed by atoms with Gasteiger partial charge in [-0.25, -0.2) is 9.88 Å². The molecule has 2 heterocycles. The van der Waals surface area contributed by atoms with E-state index in [-0.39, 0.29) is 30.1 Å². The van der Waals surface area contributed by atoms with E-state index in [1.807, 2.05) is 67.6 Å². The molecule has 2 unspecified atom stereocenters. The first-order chi connectivity index (χ1) is 12.1. The number of benzene rings is 2. The average molecular weight is 330 g/mol. The van der Waals surface area contributed by atoms with Crippen molar-refractivity contribution in [3.8, 4) is 0 Å². The van der Waals surface area contributed by atoms with Gasteiger partial charge in [-0.15, -0.1) is 0 Å². The number of nitrogens with zero attached hydrogens (tertiary/aromatic N) is 2. The van der Waals surface area contributed by atoms with E-state index in [0.717, 1.165) is 16.5 Å². The number of para-hydroxylation sites is 1. The molecule has 0 radical (unpaired) electrons. The molecule has 1 aliphatic heterocycles. The van der Waals surface area contributed by atoms with Crippen molar-refractivity contribution in [2.75, 3.05) is 4.90 Å². The Labute approximate surface area is 146 Å².